The van der Waals surface area contributed by atoms with Gasteiger partial charge >= 0.3 is 5.69 Å². The first-order valence-electron chi connectivity index (χ1n) is 11.6. The first-order valence-corrected chi connectivity index (χ1v) is 11.6. The van der Waals surface area contributed by atoms with Gasteiger partial charge in [-0.2, -0.15) is 5.10 Å². The summed E-state index contributed by atoms with van der Waals surface area (Å²) in [6.45, 7) is 1.20. The Morgan fingerprint density at radius 1 is 1.03 bits per heavy atom. The summed E-state index contributed by atoms with van der Waals surface area (Å²) in [4.78, 5) is 53.2. The zero-order valence-corrected chi connectivity index (χ0v) is 19.7. The lowest BCUT2D eigenvalue weighted by Gasteiger charge is -2.54. The van der Waals surface area contributed by atoms with Crippen molar-refractivity contribution in [2.75, 3.05) is 13.1 Å². The van der Waals surface area contributed by atoms with Crippen LogP contribution in [0.25, 0.3) is 16.9 Å². The number of fused-ring (bicyclic) bond motifs is 1. The number of Topliss-reactive ketones (excluding diaryl/α,β-unsaturated/α-hetero) is 1. The molecule has 1 aliphatic heterocycles. The smallest absolute Gasteiger partial charge is 0.311 e. The van der Waals surface area contributed by atoms with Crippen LogP contribution >= 0.6 is 0 Å². The van der Waals surface area contributed by atoms with Crippen LogP contribution in [-0.2, 0) is 4.79 Å². The lowest BCUT2D eigenvalue weighted by atomic mass is 9.62. The SMILES string of the molecule is O=C1CC2(C1)CN(C(=O)c1ccc(-c3cc4ncc(C(=O)c5c(O)ccc([N+](=O)[O-])c5O)cn4n3)cc1)C2. The highest BCUT2D eigenvalue weighted by atomic mass is 16.6. The molecule has 1 spiro atoms. The third-order valence-corrected chi connectivity index (χ3v) is 7.05. The molecule has 6 rings (SSSR count). The van der Waals surface area contributed by atoms with Crippen molar-refractivity contribution in [2.24, 2.45) is 5.41 Å². The van der Waals surface area contributed by atoms with Crippen molar-refractivity contribution in [3.8, 4) is 22.8 Å². The van der Waals surface area contributed by atoms with Crippen LogP contribution in [0.15, 0.2) is 54.9 Å². The molecule has 2 fully saturated rings. The molecule has 2 aromatic carbocycles. The van der Waals surface area contributed by atoms with Gasteiger partial charge in [-0.3, -0.25) is 24.5 Å². The van der Waals surface area contributed by atoms with Crippen LogP contribution in [0.3, 0.4) is 0 Å². The van der Waals surface area contributed by atoms with Gasteiger partial charge in [0.25, 0.3) is 5.91 Å². The molecule has 1 saturated heterocycles. The Bertz CT molecular complexity index is 1680. The van der Waals surface area contributed by atoms with Gasteiger partial charge in [-0.1, -0.05) is 12.1 Å². The summed E-state index contributed by atoms with van der Waals surface area (Å²) in [5.74, 6) is -2.25. The molecule has 0 unspecified atom stereocenters. The molecule has 3 heterocycles. The standard InChI is InChI=1S/C26H19N5O7/c32-17-8-26(9-17)12-29(13-26)25(36)15-3-1-14(2-4-15)18-7-21-27-10-16(11-30(21)28-18)23(34)22-20(33)6-5-19(24(22)35)31(37)38/h1-7,10-11,33,35H,8-9,12-13H2. The first-order chi connectivity index (χ1) is 18.1. The second-order valence-electron chi connectivity index (χ2n) is 9.72. The molecule has 2 N–H and O–H groups in total. The number of carbonyl (C=O) groups is 3. The van der Waals surface area contributed by atoms with E-state index >= 15 is 0 Å². The van der Waals surface area contributed by atoms with E-state index in [0.717, 1.165) is 12.1 Å². The minimum absolute atomic E-state index is 0.0107. The maximum Gasteiger partial charge on any atom is 0.311 e. The minimum atomic E-state index is -0.939. The van der Waals surface area contributed by atoms with Crippen molar-refractivity contribution >= 4 is 28.8 Å². The molecule has 4 aromatic rings. The van der Waals surface area contributed by atoms with Crippen molar-refractivity contribution in [3.63, 3.8) is 0 Å². The lowest BCUT2D eigenvalue weighted by molar-refractivity contribution is -0.385. The second-order valence-corrected chi connectivity index (χ2v) is 9.72. The molecular weight excluding hydrogens is 494 g/mol. The van der Waals surface area contributed by atoms with E-state index < -0.39 is 33.5 Å². The summed E-state index contributed by atoms with van der Waals surface area (Å²) in [5.41, 5.74) is 0.783. The predicted octanol–water partition coefficient (Wildman–Crippen LogP) is 2.75. The summed E-state index contributed by atoms with van der Waals surface area (Å²) in [5, 5.41) is 35.8. The predicted molar refractivity (Wildman–Crippen MR) is 131 cm³/mol. The Labute approximate surface area is 213 Å². The van der Waals surface area contributed by atoms with E-state index in [1.54, 1.807) is 35.2 Å². The van der Waals surface area contributed by atoms with Crippen LogP contribution in [-0.4, -0.2) is 65.2 Å². The van der Waals surface area contributed by atoms with Crippen LogP contribution in [0, 0.1) is 15.5 Å². The summed E-state index contributed by atoms with van der Waals surface area (Å²) >= 11 is 0. The Morgan fingerprint density at radius 2 is 1.74 bits per heavy atom. The van der Waals surface area contributed by atoms with E-state index in [1.165, 1.54) is 16.9 Å². The molecule has 0 radical (unpaired) electrons. The van der Waals surface area contributed by atoms with Crippen LogP contribution in [0.4, 0.5) is 5.69 Å². The lowest BCUT2D eigenvalue weighted by Crippen LogP contribution is -2.64. The van der Waals surface area contributed by atoms with E-state index in [-0.39, 0.29) is 22.7 Å². The Hall–Kier alpha value is -5.13. The molecule has 190 valence electrons. The number of hydrogen-bond donors (Lipinski definition) is 2. The summed E-state index contributed by atoms with van der Waals surface area (Å²) < 4.78 is 1.34. The number of phenolic OH excluding ortho intramolecular Hbond substituents is 2. The summed E-state index contributed by atoms with van der Waals surface area (Å²) in [6, 6.07) is 10.5. The number of likely N-dealkylation sites (tertiary alicyclic amines) is 1. The molecule has 0 atom stereocenters. The average molecular weight is 513 g/mol. The Morgan fingerprint density at radius 3 is 2.39 bits per heavy atom. The fourth-order valence-corrected chi connectivity index (χ4v) is 5.10. The van der Waals surface area contributed by atoms with Gasteiger partial charge in [-0.25, -0.2) is 9.50 Å². The minimum Gasteiger partial charge on any atom is -0.507 e. The van der Waals surface area contributed by atoms with Gasteiger partial charge in [-0.15, -0.1) is 0 Å². The molecule has 1 saturated carbocycles. The molecule has 38 heavy (non-hydrogen) atoms. The number of amides is 1. The van der Waals surface area contributed by atoms with E-state index in [4.69, 9.17) is 0 Å². The van der Waals surface area contributed by atoms with Crippen molar-refractivity contribution in [1.29, 1.82) is 0 Å². The highest BCUT2D eigenvalue weighted by molar-refractivity contribution is 6.12. The molecule has 2 aliphatic rings. The van der Waals surface area contributed by atoms with Crippen molar-refractivity contribution in [1.82, 2.24) is 19.5 Å². The molecule has 2 aromatic heterocycles. The van der Waals surface area contributed by atoms with E-state index in [2.05, 4.69) is 10.1 Å². The maximum absolute atomic E-state index is 13.0. The van der Waals surface area contributed by atoms with Gasteiger partial charge in [0.2, 0.25) is 11.5 Å². The van der Waals surface area contributed by atoms with Crippen LogP contribution in [0.2, 0.25) is 0 Å². The van der Waals surface area contributed by atoms with E-state index in [0.29, 0.717) is 48.4 Å². The third kappa shape index (κ3) is 3.65. The van der Waals surface area contributed by atoms with Crippen LogP contribution in [0.5, 0.6) is 11.5 Å². The number of aromatic nitrogens is 3. The number of benzene rings is 2. The fraction of sp³-hybridized carbons (Fsp3) is 0.192. The highest BCUT2D eigenvalue weighted by Crippen LogP contribution is 2.46. The molecular formula is C26H19N5O7. The van der Waals surface area contributed by atoms with Crippen LogP contribution < -0.4 is 0 Å². The largest absolute Gasteiger partial charge is 0.507 e. The topological polar surface area (TPSA) is 168 Å². The Kier molecular flexibility index (Phi) is 5.02. The van der Waals surface area contributed by atoms with Crippen molar-refractivity contribution in [2.45, 2.75) is 12.8 Å². The van der Waals surface area contributed by atoms with Gasteiger partial charge in [0.1, 0.15) is 17.1 Å². The van der Waals surface area contributed by atoms with Gasteiger partial charge < -0.3 is 15.1 Å². The van der Waals surface area contributed by atoms with Gasteiger partial charge in [-0.05, 0) is 18.2 Å². The number of rotatable bonds is 5. The van der Waals surface area contributed by atoms with E-state index in [9.17, 15) is 34.7 Å². The van der Waals surface area contributed by atoms with E-state index in [1.807, 2.05) is 0 Å². The molecule has 0 bridgehead atoms. The summed E-state index contributed by atoms with van der Waals surface area (Å²) in [7, 11) is 0. The zero-order chi connectivity index (χ0) is 26.8. The molecule has 1 aliphatic carbocycles. The van der Waals surface area contributed by atoms with Crippen molar-refractivity contribution in [3.05, 3.63) is 81.7 Å². The average Bonchev–Trinajstić information content (AvgIpc) is 3.28. The molecule has 12 nitrogen and oxygen atoms in total. The Balaban J connectivity index is 1.23. The number of carbonyl (C=O) groups excluding carboxylic acids is 3. The molecule has 1 amide bonds. The second kappa shape index (κ2) is 8.20. The number of nitro groups is 1. The number of hydrogen-bond acceptors (Lipinski definition) is 9. The number of ketones is 2. The quantitative estimate of drug-likeness (QED) is 0.231. The zero-order valence-electron chi connectivity index (χ0n) is 19.7. The number of nitrogens with zero attached hydrogens (tertiary/aromatic N) is 5. The molecule has 12 heteroatoms. The van der Waals surface area contributed by atoms with Gasteiger partial charge in [0.05, 0.1) is 16.2 Å². The highest BCUT2D eigenvalue weighted by Gasteiger charge is 2.53. The number of nitro benzene ring substituents is 1. The summed E-state index contributed by atoms with van der Waals surface area (Å²) in [6.07, 6.45) is 3.67. The normalized spacial score (nSPS) is 15.8. The van der Waals surface area contributed by atoms with Crippen molar-refractivity contribution < 1.29 is 29.5 Å². The van der Waals surface area contributed by atoms with Gasteiger partial charge in [0, 0.05) is 67.0 Å². The maximum atomic E-state index is 13.0. The third-order valence-electron chi connectivity index (χ3n) is 7.05. The first kappa shape index (κ1) is 23.3. The number of phenols is 2. The fourth-order valence-electron chi connectivity index (χ4n) is 5.10. The monoisotopic (exact) mass is 513 g/mol. The number of aromatic hydroxyl groups is 2. The van der Waals surface area contributed by atoms with Gasteiger partial charge in [0.15, 0.2) is 5.65 Å². The van der Waals surface area contributed by atoms with Crippen LogP contribution in [0.1, 0.15) is 39.1 Å².